The number of methoxy groups -OCH3 is 1. The van der Waals surface area contributed by atoms with Crippen LogP contribution in [-0.2, 0) is 4.74 Å². The number of amides is 1. The highest BCUT2D eigenvalue weighted by Gasteiger charge is 2.13. The third kappa shape index (κ3) is 6.23. The largest absolute Gasteiger partial charge is 0.383 e. The van der Waals surface area contributed by atoms with Crippen molar-refractivity contribution < 1.29 is 13.9 Å². The highest BCUT2D eigenvalue weighted by molar-refractivity contribution is 6.04. The molecule has 0 unspecified atom stereocenters. The van der Waals surface area contributed by atoms with Crippen LogP contribution in [0.4, 0.5) is 4.39 Å². The SMILES string of the molecule is COCCNCCNC(=O)c1cc(F)cc2nccnc12.Cl.Cl. The normalized spacial score (nSPS) is 9.83. The van der Waals surface area contributed by atoms with Gasteiger partial charge in [0.2, 0.25) is 0 Å². The minimum atomic E-state index is -0.508. The molecule has 6 nitrogen and oxygen atoms in total. The van der Waals surface area contributed by atoms with Crippen molar-refractivity contribution in [2.45, 2.75) is 0 Å². The molecule has 2 aromatic rings. The van der Waals surface area contributed by atoms with E-state index in [4.69, 9.17) is 4.74 Å². The Balaban J connectivity index is 0.00000242. The maximum Gasteiger partial charge on any atom is 0.253 e. The molecule has 0 aliphatic rings. The molecule has 0 radical (unpaired) electrons. The van der Waals surface area contributed by atoms with E-state index < -0.39 is 5.82 Å². The van der Waals surface area contributed by atoms with Gasteiger partial charge in [0.1, 0.15) is 11.3 Å². The molecule has 0 atom stereocenters. The van der Waals surface area contributed by atoms with Gasteiger partial charge in [0, 0.05) is 45.2 Å². The van der Waals surface area contributed by atoms with Crippen molar-refractivity contribution >= 4 is 41.8 Å². The van der Waals surface area contributed by atoms with Crippen LogP contribution < -0.4 is 10.6 Å². The fourth-order valence-corrected chi connectivity index (χ4v) is 1.87. The highest BCUT2D eigenvalue weighted by Crippen LogP contribution is 2.16. The predicted molar refractivity (Wildman–Crippen MR) is 91.1 cm³/mol. The first-order valence-corrected chi connectivity index (χ1v) is 6.60. The van der Waals surface area contributed by atoms with Crippen molar-refractivity contribution in [3.05, 3.63) is 35.9 Å². The Kier molecular flexibility index (Phi) is 10.3. The van der Waals surface area contributed by atoms with Gasteiger partial charge in [-0.3, -0.25) is 14.8 Å². The molecular formula is C14H19Cl2FN4O2. The molecule has 0 saturated carbocycles. The van der Waals surface area contributed by atoms with Crippen molar-refractivity contribution in [3.8, 4) is 0 Å². The van der Waals surface area contributed by atoms with E-state index in [2.05, 4.69) is 20.6 Å². The Bertz CT molecular complexity index is 631. The van der Waals surface area contributed by atoms with Gasteiger partial charge in [-0.1, -0.05) is 0 Å². The van der Waals surface area contributed by atoms with Gasteiger partial charge < -0.3 is 15.4 Å². The number of nitrogens with zero attached hydrogens (tertiary/aromatic N) is 2. The van der Waals surface area contributed by atoms with E-state index in [0.717, 1.165) is 0 Å². The van der Waals surface area contributed by atoms with Gasteiger partial charge in [-0.05, 0) is 6.07 Å². The second-order valence-corrected chi connectivity index (χ2v) is 4.38. The maximum absolute atomic E-state index is 13.5. The van der Waals surface area contributed by atoms with E-state index in [-0.39, 0.29) is 36.3 Å². The Morgan fingerprint density at radius 1 is 1.17 bits per heavy atom. The standard InChI is InChI=1S/C14H17FN4O2.2ClH/c1-21-7-6-16-2-3-19-14(20)11-8-10(15)9-12-13(11)18-5-4-17-12;;/h4-5,8-9,16H,2-3,6-7H2,1H3,(H,19,20);2*1H. The van der Waals surface area contributed by atoms with Crippen LogP contribution in [0.15, 0.2) is 24.5 Å². The predicted octanol–water partition coefficient (Wildman–Crippen LogP) is 1.58. The summed E-state index contributed by atoms with van der Waals surface area (Å²) >= 11 is 0. The molecule has 1 amide bonds. The number of halogens is 3. The van der Waals surface area contributed by atoms with Crippen LogP contribution in [0.25, 0.3) is 11.0 Å². The van der Waals surface area contributed by atoms with Gasteiger partial charge in [0.05, 0.1) is 17.7 Å². The summed E-state index contributed by atoms with van der Waals surface area (Å²) in [6, 6.07) is 2.43. The number of ether oxygens (including phenoxy) is 1. The number of benzene rings is 1. The molecule has 0 spiro atoms. The number of rotatable bonds is 7. The van der Waals surface area contributed by atoms with Gasteiger partial charge in [-0.2, -0.15) is 0 Å². The molecule has 1 aromatic carbocycles. The third-order valence-corrected chi connectivity index (χ3v) is 2.85. The topological polar surface area (TPSA) is 76.1 Å². The molecule has 2 rings (SSSR count). The number of fused-ring (bicyclic) bond motifs is 1. The van der Waals surface area contributed by atoms with Crippen LogP contribution in [0.1, 0.15) is 10.4 Å². The third-order valence-electron chi connectivity index (χ3n) is 2.85. The first kappa shape index (κ1) is 21.5. The van der Waals surface area contributed by atoms with Crippen molar-refractivity contribution in [3.63, 3.8) is 0 Å². The number of hydrogen-bond acceptors (Lipinski definition) is 5. The van der Waals surface area contributed by atoms with Crippen LogP contribution in [-0.4, -0.2) is 49.2 Å². The van der Waals surface area contributed by atoms with E-state index in [0.29, 0.717) is 37.3 Å². The minimum Gasteiger partial charge on any atom is -0.383 e. The number of carbonyl (C=O) groups excluding carboxylic acids is 1. The summed E-state index contributed by atoms with van der Waals surface area (Å²) in [5.41, 5.74) is 0.944. The zero-order valence-electron chi connectivity index (χ0n) is 12.5. The Morgan fingerprint density at radius 3 is 2.65 bits per heavy atom. The quantitative estimate of drug-likeness (QED) is 0.729. The first-order valence-electron chi connectivity index (χ1n) is 6.60. The van der Waals surface area contributed by atoms with Crippen LogP contribution in [0.2, 0.25) is 0 Å². The van der Waals surface area contributed by atoms with Crippen molar-refractivity contribution in [2.75, 3.05) is 33.4 Å². The zero-order valence-corrected chi connectivity index (χ0v) is 14.2. The molecule has 1 aromatic heterocycles. The molecule has 2 N–H and O–H groups in total. The zero-order chi connectivity index (χ0) is 15.1. The highest BCUT2D eigenvalue weighted by atomic mass is 35.5. The lowest BCUT2D eigenvalue weighted by Gasteiger charge is -2.08. The summed E-state index contributed by atoms with van der Waals surface area (Å²) in [4.78, 5) is 20.2. The summed E-state index contributed by atoms with van der Waals surface area (Å²) in [5.74, 6) is -0.875. The van der Waals surface area contributed by atoms with Crippen LogP contribution in [0, 0.1) is 5.82 Å². The second-order valence-electron chi connectivity index (χ2n) is 4.38. The molecule has 0 saturated heterocycles. The Labute approximate surface area is 146 Å². The second kappa shape index (κ2) is 11.1. The number of hydrogen-bond donors (Lipinski definition) is 2. The maximum atomic E-state index is 13.5. The van der Waals surface area contributed by atoms with Gasteiger partial charge in [-0.25, -0.2) is 4.39 Å². The van der Waals surface area contributed by atoms with E-state index in [1.165, 1.54) is 24.5 Å². The fraction of sp³-hybridized carbons (Fsp3) is 0.357. The number of carbonyl (C=O) groups is 1. The van der Waals surface area contributed by atoms with Crippen LogP contribution in [0.5, 0.6) is 0 Å². The van der Waals surface area contributed by atoms with Gasteiger partial charge in [-0.15, -0.1) is 24.8 Å². The monoisotopic (exact) mass is 364 g/mol. The summed E-state index contributed by atoms with van der Waals surface area (Å²) < 4.78 is 18.4. The fourth-order valence-electron chi connectivity index (χ4n) is 1.87. The summed E-state index contributed by atoms with van der Waals surface area (Å²) in [5, 5.41) is 5.82. The number of nitrogens with one attached hydrogen (secondary N) is 2. The first-order chi connectivity index (χ1) is 10.2. The number of aromatic nitrogens is 2. The van der Waals surface area contributed by atoms with E-state index in [9.17, 15) is 9.18 Å². The molecule has 0 aliphatic heterocycles. The molecule has 128 valence electrons. The molecule has 23 heavy (non-hydrogen) atoms. The summed E-state index contributed by atoms with van der Waals surface area (Å²) in [7, 11) is 1.62. The summed E-state index contributed by atoms with van der Waals surface area (Å²) in [6.07, 6.45) is 2.94. The average molecular weight is 365 g/mol. The Morgan fingerprint density at radius 2 is 1.91 bits per heavy atom. The van der Waals surface area contributed by atoms with Crippen molar-refractivity contribution in [1.82, 2.24) is 20.6 Å². The minimum absolute atomic E-state index is 0. The average Bonchev–Trinajstić information content (AvgIpc) is 2.49. The lowest BCUT2D eigenvalue weighted by molar-refractivity contribution is 0.0954. The molecule has 0 fully saturated rings. The Hall–Kier alpha value is -1.54. The van der Waals surface area contributed by atoms with Gasteiger partial charge in [0.25, 0.3) is 5.91 Å². The van der Waals surface area contributed by atoms with E-state index in [1.54, 1.807) is 7.11 Å². The van der Waals surface area contributed by atoms with Gasteiger partial charge in [0.15, 0.2) is 0 Å². The van der Waals surface area contributed by atoms with E-state index in [1.807, 2.05) is 0 Å². The molecule has 0 bridgehead atoms. The lowest BCUT2D eigenvalue weighted by atomic mass is 10.1. The smallest absolute Gasteiger partial charge is 0.253 e. The molecule has 0 aliphatic carbocycles. The lowest BCUT2D eigenvalue weighted by Crippen LogP contribution is -2.33. The van der Waals surface area contributed by atoms with Crippen LogP contribution >= 0.6 is 24.8 Å². The van der Waals surface area contributed by atoms with Crippen molar-refractivity contribution in [1.29, 1.82) is 0 Å². The van der Waals surface area contributed by atoms with Crippen LogP contribution in [0.3, 0.4) is 0 Å². The summed E-state index contributed by atoms with van der Waals surface area (Å²) in [6.45, 7) is 2.35. The van der Waals surface area contributed by atoms with Crippen molar-refractivity contribution in [2.24, 2.45) is 0 Å². The molecular weight excluding hydrogens is 346 g/mol. The molecule has 1 heterocycles. The van der Waals surface area contributed by atoms with E-state index >= 15 is 0 Å². The van der Waals surface area contributed by atoms with Gasteiger partial charge >= 0.3 is 0 Å². The molecule has 9 heteroatoms.